The smallest absolute Gasteiger partial charge is 0.224 e. The quantitative estimate of drug-likeness (QED) is 0.786. The van der Waals surface area contributed by atoms with Crippen LogP contribution in [-0.4, -0.2) is 41.3 Å². The van der Waals surface area contributed by atoms with Crippen LogP contribution >= 0.6 is 0 Å². The molecule has 5 heteroatoms. The Bertz CT molecular complexity index is 396. The number of amides is 1. The van der Waals surface area contributed by atoms with E-state index in [0.717, 1.165) is 10.6 Å². The van der Waals surface area contributed by atoms with Crippen LogP contribution in [0.5, 0.6) is 0 Å². The van der Waals surface area contributed by atoms with E-state index in [-0.39, 0.29) is 24.6 Å². The van der Waals surface area contributed by atoms with Gasteiger partial charge in [-0.25, -0.2) is 0 Å². The van der Waals surface area contributed by atoms with Gasteiger partial charge in [-0.1, -0.05) is 30.3 Å². The predicted octanol–water partition coefficient (Wildman–Crippen LogP) is 0.278. The molecule has 1 aliphatic heterocycles. The molecule has 18 heavy (non-hydrogen) atoms. The summed E-state index contributed by atoms with van der Waals surface area (Å²) in [6.45, 7) is 0.277. The molecule has 1 heterocycles. The summed E-state index contributed by atoms with van der Waals surface area (Å²) in [5.41, 5.74) is 0.951. The van der Waals surface area contributed by atoms with Gasteiger partial charge in [-0.3, -0.25) is 4.79 Å². The largest absolute Gasteiger partial charge is 0.785 e. The lowest BCUT2D eigenvalue weighted by atomic mass is 9.96. The van der Waals surface area contributed by atoms with Crippen molar-refractivity contribution in [2.45, 2.75) is 24.9 Å². The number of rotatable bonds is 5. The van der Waals surface area contributed by atoms with Gasteiger partial charge < -0.3 is 20.7 Å². The second-order valence-corrected chi connectivity index (χ2v) is 4.52. The van der Waals surface area contributed by atoms with Crippen LogP contribution < -0.4 is 5.32 Å². The third-order valence-electron chi connectivity index (χ3n) is 3.19. The lowest BCUT2D eigenvalue weighted by Crippen LogP contribution is -2.64. The van der Waals surface area contributed by atoms with Crippen LogP contribution in [0.15, 0.2) is 30.3 Å². The number of benzene rings is 1. The van der Waals surface area contributed by atoms with E-state index >= 15 is 0 Å². The standard InChI is InChI=1S/C13H17N2O3/c16-7-6-12-11(9-15(12)18)14-13(17)8-10-4-2-1-3-5-10/h1-5,11-12,16H,6-9H2,(H,14,17)/q-1. The summed E-state index contributed by atoms with van der Waals surface area (Å²) in [4.78, 5) is 11.8. The maximum Gasteiger partial charge on any atom is 0.224 e. The maximum atomic E-state index is 11.8. The summed E-state index contributed by atoms with van der Waals surface area (Å²) >= 11 is 0. The Balaban J connectivity index is 1.81. The number of aliphatic hydroxyl groups is 1. The number of carbonyl (C=O) groups is 1. The highest BCUT2D eigenvalue weighted by Crippen LogP contribution is 2.19. The molecule has 0 radical (unpaired) electrons. The zero-order valence-electron chi connectivity index (χ0n) is 10.1. The number of hydrogen-bond acceptors (Lipinski definition) is 4. The van der Waals surface area contributed by atoms with Crippen molar-refractivity contribution in [1.29, 1.82) is 0 Å². The van der Waals surface area contributed by atoms with Gasteiger partial charge in [0.2, 0.25) is 5.91 Å². The van der Waals surface area contributed by atoms with E-state index in [9.17, 15) is 10.0 Å². The first-order valence-electron chi connectivity index (χ1n) is 6.08. The van der Waals surface area contributed by atoms with Crippen LogP contribution in [0.4, 0.5) is 0 Å². The third kappa shape index (κ3) is 3.07. The van der Waals surface area contributed by atoms with Crippen molar-refractivity contribution in [2.24, 2.45) is 0 Å². The number of hydrogen-bond donors (Lipinski definition) is 2. The summed E-state index contributed by atoms with van der Waals surface area (Å²) in [5, 5.41) is 23.8. The normalized spacial score (nSPS) is 23.4. The fraction of sp³-hybridized carbons (Fsp3) is 0.462. The highest BCUT2D eigenvalue weighted by Gasteiger charge is 2.33. The Morgan fingerprint density at radius 3 is 2.78 bits per heavy atom. The van der Waals surface area contributed by atoms with Crippen LogP contribution in [0.1, 0.15) is 12.0 Å². The number of carbonyl (C=O) groups excluding carboxylic acids is 1. The van der Waals surface area contributed by atoms with E-state index in [1.807, 2.05) is 30.3 Å². The molecule has 0 spiro atoms. The Hall–Kier alpha value is -1.43. The molecule has 2 unspecified atom stereocenters. The van der Waals surface area contributed by atoms with Crippen molar-refractivity contribution < 1.29 is 9.90 Å². The molecule has 5 nitrogen and oxygen atoms in total. The molecular weight excluding hydrogens is 232 g/mol. The molecular formula is C13H17N2O3-. The summed E-state index contributed by atoms with van der Waals surface area (Å²) < 4.78 is 0. The summed E-state index contributed by atoms with van der Waals surface area (Å²) in [6.07, 6.45) is 0.724. The molecule has 1 saturated heterocycles. The molecule has 2 rings (SSSR count). The number of hydroxylamine groups is 2. The van der Waals surface area contributed by atoms with Crippen LogP contribution in [-0.2, 0) is 11.2 Å². The molecule has 1 aromatic carbocycles. The van der Waals surface area contributed by atoms with Crippen LogP contribution in [0.3, 0.4) is 0 Å². The molecule has 0 saturated carbocycles. The van der Waals surface area contributed by atoms with Gasteiger partial charge in [-0.2, -0.15) is 0 Å². The van der Waals surface area contributed by atoms with Gasteiger partial charge in [-0.05, 0) is 12.0 Å². The van der Waals surface area contributed by atoms with E-state index in [0.29, 0.717) is 19.4 Å². The van der Waals surface area contributed by atoms with Crippen molar-refractivity contribution in [2.75, 3.05) is 13.2 Å². The molecule has 1 aliphatic rings. The van der Waals surface area contributed by atoms with E-state index in [1.54, 1.807) is 0 Å². The molecule has 98 valence electrons. The molecule has 1 fully saturated rings. The maximum absolute atomic E-state index is 11.8. The molecule has 1 amide bonds. The fourth-order valence-corrected chi connectivity index (χ4v) is 2.17. The second-order valence-electron chi connectivity index (χ2n) is 4.52. The van der Waals surface area contributed by atoms with Crippen molar-refractivity contribution in [1.82, 2.24) is 10.4 Å². The Morgan fingerprint density at radius 1 is 1.44 bits per heavy atom. The molecule has 2 N–H and O–H groups in total. The van der Waals surface area contributed by atoms with Crippen LogP contribution in [0.25, 0.3) is 0 Å². The monoisotopic (exact) mass is 249 g/mol. The van der Waals surface area contributed by atoms with Crippen molar-refractivity contribution in [3.63, 3.8) is 0 Å². The molecule has 0 aliphatic carbocycles. The summed E-state index contributed by atoms with van der Waals surface area (Å²) in [7, 11) is 0. The van der Waals surface area contributed by atoms with Gasteiger partial charge in [-0.15, -0.1) is 0 Å². The van der Waals surface area contributed by atoms with E-state index < -0.39 is 0 Å². The van der Waals surface area contributed by atoms with Crippen LogP contribution in [0, 0.1) is 5.21 Å². The summed E-state index contributed by atoms with van der Waals surface area (Å²) in [6, 6.07) is 9.05. The van der Waals surface area contributed by atoms with Gasteiger partial charge in [0.1, 0.15) is 0 Å². The minimum atomic E-state index is -0.283. The van der Waals surface area contributed by atoms with Gasteiger partial charge >= 0.3 is 0 Å². The Labute approximate surface area is 106 Å². The van der Waals surface area contributed by atoms with Crippen LogP contribution in [0.2, 0.25) is 0 Å². The minimum absolute atomic E-state index is 0.0333. The average Bonchev–Trinajstić information content (AvgIpc) is 2.37. The summed E-state index contributed by atoms with van der Waals surface area (Å²) in [5.74, 6) is -0.0813. The number of aliphatic hydroxyl groups excluding tert-OH is 1. The number of nitrogens with zero attached hydrogens (tertiary/aromatic N) is 1. The second kappa shape index (κ2) is 5.95. The minimum Gasteiger partial charge on any atom is -0.785 e. The molecule has 0 aromatic heterocycles. The zero-order chi connectivity index (χ0) is 13.0. The van der Waals surface area contributed by atoms with Crippen molar-refractivity contribution in [3.05, 3.63) is 41.1 Å². The molecule has 0 bridgehead atoms. The van der Waals surface area contributed by atoms with E-state index in [1.165, 1.54) is 0 Å². The first-order chi connectivity index (χ1) is 8.70. The SMILES string of the molecule is O=C(Cc1ccccc1)NC1CN([O-])C1CCO. The molecule has 2 atom stereocenters. The lowest BCUT2D eigenvalue weighted by Gasteiger charge is -2.53. The highest BCUT2D eigenvalue weighted by atomic mass is 16.5. The Kier molecular flexibility index (Phi) is 4.30. The predicted molar refractivity (Wildman–Crippen MR) is 67.6 cm³/mol. The lowest BCUT2D eigenvalue weighted by molar-refractivity contribution is -0.123. The molecule has 1 aromatic rings. The highest BCUT2D eigenvalue weighted by molar-refractivity contribution is 5.79. The Morgan fingerprint density at radius 2 is 2.17 bits per heavy atom. The van der Waals surface area contributed by atoms with Gasteiger partial charge in [0.15, 0.2) is 0 Å². The topological polar surface area (TPSA) is 75.6 Å². The number of nitrogens with one attached hydrogen (secondary N) is 1. The van der Waals surface area contributed by atoms with Crippen molar-refractivity contribution in [3.8, 4) is 0 Å². The fourth-order valence-electron chi connectivity index (χ4n) is 2.17. The first kappa shape index (κ1) is 13.0. The van der Waals surface area contributed by atoms with E-state index in [2.05, 4.69) is 5.32 Å². The zero-order valence-corrected chi connectivity index (χ0v) is 10.1. The first-order valence-corrected chi connectivity index (χ1v) is 6.08. The third-order valence-corrected chi connectivity index (χ3v) is 3.19. The average molecular weight is 249 g/mol. The van der Waals surface area contributed by atoms with Gasteiger partial charge in [0.05, 0.1) is 12.5 Å². The van der Waals surface area contributed by atoms with E-state index in [4.69, 9.17) is 5.11 Å². The van der Waals surface area contributed by atoms with Gasteiger partial charge in [0.25, 0.3) is 0 Å². The van der Waals surface area contributed by atoms with Gasteiger partial charge in [0, 0.05) is 19.2 Å². The van der Waals surface area contributed by atoms with Crippen molar-refractivity contribution >= 4 is 5.91 Å².